The van der Waals surface area contributed by atoms with Crippen LogP contribution in [0.4, 0.5) is 5.69 Å². The molecule has 12 heteroatoms. The number of aromatic nitrogens is 2. The number of benzene rings is 4. The molecule has 0 saturated carbocycles. The summed E-state index contributed by atoms with van der Waals surface area (Å²) in [6.45, 7) is 0. The fourth-order valence-corrected chi connectivity index (χ4v) is 6.86. The predicted octanol–water partition coefficient (Wildman–Crippen LogP) is 11.1. The van der Waals surface area contributed by atoms with E-state index in [1.165, 1.54) is 34.0 Å². The summed E-state index contributed by atoms with van der Waals surface area (Å²) in [5.41, 5.74) is 3.65. The predicted molar refractivity (Wildman–Crippen MR) is 194 cm³/mol. The number of hydrogen-bond donors (Lipinski definition) is 1. The van der Waals surface area contributed by atoms with E-state index in [-0.39, 0.29) is 37.3 Å². The minimum Gasteiger partial charge on any atom is -0.493 e. The van der Waals surface area contributed by atoms with Crippen LogP contribution in [0.15, 0.2) is 120 Å². The van der Waals surface area contributed by atoms with E-state index in [9.17, 15) is 9.90 Å². The van der Waals surface area contributed by atoms with E-state index in [1.807, 2.05) is 60.7 Å². The molecule has 0 bridgehead atoms. The molecule has 6 rings (SSSR count). The Morgan fingerprint density at radius 1 is 0.660 bits per heavy atom. The van der Waals surface area contributed by atoms with Gasteiger partial charge in [0.15, 0.2) is 0 Å². The molecule has 6 nitrogen and oxygen atoms in total. The second-order valence-corrected chi connectivity index (χ2v) is 12.6. The maximum Gasteiger partial charge on any atom is 0.281 e. The lowest BCUT2D eigenvalue weighted by Crippen LogP contribution is -2.22. The third-order valence-corrected chi connectivity index (χ3v) is 8.59. The van der Waals surface area contributed by atoms with Gasteiger partial charge in [0.25, 0.3) is 5.91 Å². The molecule has 1 aliphatic rings. The Kier molecular flexibility index (Phi) is 9.80. The van der Waals surface area contributed by atoms with Crippen molar-refractivity contribution >= 4 is 93.0 Å². The molecule has 0 saturated heterocycles. The monoisotopic (exact) mass is 738 g/mol. The van der Waals surface area contributed by atoms with Gasteiger partial charge in [-0.3, -0.25) is 4.79 Å². The van der Waals surface area contributed by atoms with Gasteiger partial charge in [0.05, 0.1) is 31.2 Å². The summed E-state index contributed by atoms with van der Waals surface area (Å²) < 4.78 is 1.27. The summed E-state index contributed by atoms with van der Waals surface area (Å²) in [6, 6.07) is 24.7. The molecule has 0 fully saturated rings. The van der Waals surface area contributed by atoms with Crippen molar-refractivity contribution in [3.8, 4) is 22.8 Å². The van der Waals surface area contributed by atoms with E-state index < -0.39 is 5.91 Å². The van der Waals surface area contributed by atoms with E-state index >= 15 is 0 Å². The highest BCUT2D eigenvalue weighted by Gasteiger charge is 2.34. The summed E-state index contributed by atoms with van der Waals surface area (Å²) in [5.74, 6) is -0.611. The van der Waals surface area contributed by atoms with Crippen LogP contribution >= 0.6 is 69.6 Å². The number of anilines is 1. The summed E-state index contributed by atoms with van der Waals surface area (Å²) in [4.78, 5) is 13.7. The average molecular weight is 741 g/mol. The minimum absolute atomic E-state index is 0.183. The van der Waals surface area contributed by atoms with Crippen LogP contribution < -0.4 is 5.01 Å². The Bertz CT molecular complexity index is 2090. The molecule has 4 aromatic carbocycles. The second kappa shape index (κ2) is 14.0. The van der Waals surface area contributed by atoms with Crippen LogP contribution in [0.1, 0.15) is 11.1 Å². The number of halogens is 6. The zero-order valence-electron chi connectivity index (χ0n) is 23.9. The van der Waals surface area contributed by atoms with Gasteiger partial charge in [-0.2, -0.15) is 19.9 Å². The lowest BCUT2D eigenvalue weighted by Gasteiger charge is -2.15. The minimum atomic E-state index is -0.425. The molecule has 1 N–H and O–H groups in total. The van der Waals surface area contributed by atoms with Gasteiger partial charge in [-0.15, -0.1) is 0 Å². The molecule has 1 aromatic heterocycles. The highest BCUT2D eigenvalue weighted by Crippen LogP contribution is 2.41. The Hall–Kier alpha value is -4.01. The molecule has 234 valence electrons. The molecular formula is C35H20Cl6N4O2. The highest BCUT2D eigenvalue weighted by molar-refractivity contribution is 6.44. The van der Waals surface area contributed by atoms with Crippen LogP contribution in [0.25, 0.3) is 23.0 Å². The molecule has 0 spiro atoms. The van der Waals surface area contributed by atoms with Crippen molar-refractivity contribution in [2.45, 2.75) is 0 Å². The van der Waals surface area contributed by atoms with Crippen LogP contribution in [-0.2, 0) is 4.79 Å². The molecule has 5 aromatic rings. The lowest BCUT2D eigenvalue weighted by atomic mass is 10.0. The van der Waals surface area contributed by atoms with Crippen molar-refractivity contribution in [3.63, 3.8) is 0 Å². The first-order valence-electron chi connectivity index (χ1n) is 13.8. The number of allylic oxidation sites excluding steroid dienone is 4. The van der Waals surface area contributed by atoms with Gasteiger partial charge in [-0.05, 0) is 36.4 Å². The molecule has 0 radical (unpaired) electrons. The number of hydrogen-bond acceptors (Lipinski definition) is 4. The quantitative estimate of drug-likeness (QED) is 0.133. The fourth-order valence-electron chi connectivity index (χ4n) is 4.91. The third-order valence-electron chi connectivity index (χ3n) is 7.00. The summed E-state index contributed by atoms with van der Waals surface area (Å²) in [5, 5.41) is 23.2. The summed E-state index contributed by atoms with van der Waals surface area (Å²) >= 11 is 38.0. The van der Waals surface area contributed by atoms with Gasteiger partial charge in [0.2, 0.25) is 5.88 Å². The largest absolute Gasteiger partial charge is 0.493 e. The number of carbonyl (C=O) groups excluding carboxylic acids is 1. The molecule has 2 heterocycles. The third kappa shape index (κ3) is 6.72. The van der Waals surface area contributed by atoms with Gasteiger partial charge < -0.3 is 5.11 Å². The lowest BCUT2D eigenvalue weighted by molar-refractivity contribution is -0.114. The molecule has 0 aliphatic carbocycles. The molecular weight excluding hydrogens is 721 g/mol. The van der Waals surface area contributed by atoms with Gasteiger partial charge in [0.1, 0.15) is 22.8 Å². The topological polar surface area (TPSA) is 70.7 Å². The smallest absolute Gasteiger partial charge is 0.281 e. The van der Waals surface area contributed by atoms with Gasteiger partial charge in [-0.1, -0.05) is 148 Å². The highest BCUT2D eigenvalue weighted by atomic mass is 35.5. The number of amides is 1. The van der Waals surface area contributed by atoms with E-state index in [2.05, 4.69) is 10.2 Å². The fraction of sp³-hybridized carbons (Fsp3) is 0. The van der Waals surface area contributed by atoms with E-state index in [0.29, 0.717) is 32.6 Å². The maximum atomic E-state index is 13.7. The van der Waals surface area contributed by atoms with Crippen LogP contribution in [0.2, 0.25) is 30.1 Å². The van der Waals surface area contributed by atoms with E-state index in [4.69, 9.17) is 69.6 Å². The first-order valence-corrected chi connectivity index (χ1v) is 16.1. The first-order chi connectivity index (χ1) is 22.6. The van der Waals surface area contributed by atoms with Gasteiger partial charge in [-0.25, -0.2) is 0 Å². The standard InChI is InChI=1S/C35H20Cl6N4O2/c36-22-16-26(38)32(27(39)17-22)44-34(46)24(30(42-44)20-10-4-1-5-11-20)14-8-3-9-15-25-31(21-12-6-2-7-13-21)43-45(35(25)47)33-28(40)18-23(37)19-29(33)41/h1-19,46H/b9-3+,14-8+,25-15-. The summed E-state index contributed by atoms with van der Waals surface area (Å²) in [6.07, 6.45) is 8.44. The zero-order chi connectivity index (χ0) is 33.2. The first kappa shape index (κ1) is 32.9. The van der Waals surface area contributed by atoms with Crippen molar-refractivity contribution in [2.75, 3.05) is 5.01 Å². The Morgan fingerprint density at radius 2 is 1.19 bits per heavy atom. The van der Waals surface area contributed by atoms with Crippen molar-refractivity contribution < 1.29 is 9.90 Å². The molecule has 1 amide bonds. The number of aromatic hydroxyl groups is 1. The SMILES string of the molecule is O=C1\C(=C/C=C/C=C/c2c(-c3ccccc3)nn(-c3c(Cl)cc(Cl)cc3Cl)c2O)C(c2ccccc2)=NN1c1c(Cl)cc(Cl)cc1Cl. The molecule has 0 unspecified atom stereocenters. The number of carbonyl (C=O) groups is 1. The van der Waals surface area contributed by atoms with Gasteiger partial charge in [0, 0.05) is 21.2 Å². The van der Waals surface area contributed by atoms with E-state index in [0.717, 1.165) is 11.1 Å². The van der Waals surface area contributed by atoms with Crippen LogP contribution in [0, 0.1) is 0 Å². The average Bonchev–Trinajstić information content (AvgIpc) is 3.53. The van der Waals surface area contributed by atoms with Crippen molar-refractivity contribution in [3.05, 3.63) is 156 Å². The van der Waals surface area contributed by atoms with Crippen molar-refractivity contribution in [1.82, 2.24) is 9.78 Å². The Morgan fingerprint density at radius 3 is 1.77 bits per heavy atom. The zero-order valence-corrected chi connectivity index (χ0v) is 28.4. The van der Waals surface area contributed by atoms with Gasteiger partial charge >= 0.3 is 0 Å². The van der Waals surface area contributed by atoms with Crippen LogP contribution in [0.5, 0.6) is 5.88 Å². The molecule has 0 atom stereocenters. The number of hydrazone groups is 1. The molecule has 1 aliphatic heterocycles. The summed E-state index contributed by atoms with van der Waals surface area (Å²) in [7, 11) is 0. The normalized spacial score (nSPS) is 14.3. The van der Waals surface area contributed by atoms with Crippen molar-refractivity contribution in [1.29, 1.82) is 0 Å². The van der Waals surface area contributed by atoms with Crippen LogP contribution in [-0.4, -0.2) is 26.5 Å². The Balaban J connectivity index is 1.37. The van der Waals surface area contributed by atoms with Crippen molar-refractivity contribution in [2.24, 2.45) is 5.10 Å². The maximum absolute atomic E-state index is 13.7. The van der Waals surface area contributed by atoms with Crippen LogP contribution in [0.3, 0.4) is 0 Å². The number of nitrogens with zero attached hydrogens (tertiary/aromatic N) is 4. The number of rotatable bonds is 7. The molecule has 47 heavy (non-hydrogen) atoms. The van der Waals surface area contributed by atoms with E-state index in [1.54, 1.807) is 30.4 Å². The second-order valence-electron chi connectivity index (χ2n) is 10.1. The Labute approximate surface area is 300 Å².